The zero-order valence-corrected chi connectivity index (χ0v) is 15.9. The molecular weight excluding hydrogens is 349 g/mol. The minimum Gasteiger partial charge on any atom is -0.393 e. The molecular formula is C23H27F3O. The molecule has 2 aromatic rings. The highest BCUT2D eigenvalue weighted by molar-refractivity contribution is 5.65. The second-order valence-corrected chi connectivity index (χ2v) is 7.77. The molecule has 1 N–H and O–H groups in total. The van der Waals surface area contributed by atoms with Crippen LogP contribution >= 0.6 is 0 Å². The predicted octanol–water partition coefficient (Wildman–Crippen LogP) is 6.51. The second-order valence-electron chi connectivity index (χ2n) is 7.77. The third-order valence-corrected chi connectivity index (χ3v) is 5.96. The Morgan fingerprint density at radius 1 is 0.963 bits per heavy atom. The van der Waals surface area contributed by atoms with Gasteiger partial charge in [-0.05, 0) is 80.2 Å². The fraction of sp³-hybridized carbons (Fsp3) is 0.478. The molecule has 3 rings (SSSR count). The number of aliphatic hydroxyl groups is 1. The fourth-order valence-electron chi connectivity index (χ4n) is 4.19. The molecule has 0 saturated heterocycles. The van der Waals surface area contributed by atoms with Gasteiger partial charge in [-0.3, -0.25) is 0 Å². The van der Waals surface area contributed by atoms with Crippen LogP contribution in [0.25, 0.3) is 11.1 Å². The highest BCUT2D eigenvalue weighted by Gasteiger charge is 2.27. The first-order valence-electron chi connectivity index (χ1n) is 9.84. The van der Waals surface area contributed by atoms with E-state index >= 15 is 0 Å². The van der Waals surface area contributed by atoms with E-state index in [9.17, 15) is 18.3 Å². The summed E-state index contributed by atoms with van der Waals surface area (Å²) in [6, 6.07) is 7.33. The Kier molecular flexibility index (Phi) is 6.25. The summed E-state index contributed by atoms with van der Waals surface area (Å²) in [7, 11) is 0. The lowest BCUT2D eigenvalue weighted by Crippen LogP contribution is -2.25. The first kappa shape index (κ1) is 19.9. The summed E-state index contributed by atoms with van der Waals surface area (Å²) in [5, 5.41) is 10.2. The van der Waals surface area contributed by atoms with E-state index in [2.05, 4.69) is 6.92 Å². The van der Waals surface area contributed by atoms with Gasteiger partial charge in [-0.1, -0.05) is 25.5 Å². The highest BCUT2D eigenvalue weighted by atomic mass is 19.1. The van der Waals surface area contributed by atoms with Crippen LogP contribution in [0.2, 0.25) is 0 Å². The minimum absolute atomic E-state index is 0.0576. The van der Waals surface area contributed by atoms with E-state index in [-0.39, 0.29) is 28.7 Å². The van der Waals surface area contributed by atoms with Crippen molar-refractivity contribution in [3.05, 3.63) is 58.9 Å². The van der Waals surface area contributed by atoms with Crippen molar-refractivity contribution in [1.82, 2.24) is 0 Å². The highest BCUT2D eigenvalue weighted by Crippen LogP contribution is 2.39. The molecule has 0 amide bonds. The number of hydrogen-bond acceptors (Lipinski definition) is 1. The summed E-state index contributed by atoms with van der Waals surface area (Å²) < 4.78 is 42.3. The molecule has 1 aliphatic rings. The van der Waals surface area contributed by atoms with Crippen molar-refractivity contribution < 1.29 is 18.3 Å². The van der Waals surface area contributed by atoms with E-state index < -0.39 is 17.5 Å². The van der Waals surface area contributed by atoms with E-state index in [1.165, 1.54) is 25.1 Å². The molecule has 0 aliphatic heterocycles. The average Bonchev–Trinajstić information content (AvgIpc) is 2.66. The molecule has 1 unspecified atom stereocenters. The molecule has 0 bridgehead atoms. The van der Waals surface area contributed by atoms with Crippen molar-refractivity contribution in [2.75, 3.05) is 0 Å². The molecule has 0 aromatic heterocycles. The zero-order chi connectivity index (χ0) is 19.6. The van der Waals surface area contributed by atoms with Crippen LogP contribution in [0.3, 0.4) is 0 Å². The summed E-state index contributed by atoms with van der Waals surface area (Å²) in [6.07, 6.45) is 5.33. The van der Waals surface area contributed by atoms with Crippen LogP contribution in [0.1, 0.15) is 62.5 Å². The third-order valence-electron chi connectivity index (χ3n) is 5.96. The quantitative estimate of drug-likeness (QED) is 0.630. The van der Waals surface area contributed by atoms with E-state index in [0.717, 1.165) is 44.1 Å². The maximum Gasteiger partial charge on any atom is 0.131 e. The van der Waals surface area contributed by atoms with Crippen LogP contribution in [0, 0.1) is 30.3 Å². The Bertz CT molecular complexity index is 771. The van der Waals surface area contributed by atoms with Crippen LogP contribution < -0.4 is 0 Å². The molecule has 1 fully saturated rings. The molecule has 146 valence electrons. The van der Waals surface area contributed by atoms with Crippen molar-refractivity contribution >= 4 is 0 Å². The van der Waals surface area contributed by atoms with Gasteiger partial charge in [-0.2, -0.15) is 0 Å². The first-order chi connectivity index (χ1) is 12.9. The average molecular weight is 376 g/mol. The van der Waals surface area contributed by atoms with Gasteiger partial charge >= 0.3 is 0 Å². The minimum atomic E-state index is -0.669. The Labute approximate surface area is 159 Å². The van der Waals surface area contributed by atoms with Gasteiger partial charge in [0, 0.05) is 11.1 Å². The Balaban J connectivity index is 1.74. The molecule has 1 nitrogen and oxygen atoms in total. The molecule has 0 heterocycles. The maximum absolute atomic E-state index is 14.7. The number of halogens is 3. The lowest BCUT2D eigenvalue weighted by molar-refractivity contribution is 0.0730. The van der Waals surface area contributed by atoms with E-state index in [1.54, 1.807) is 6.07 Å². The Hall–Kier alpha value is -1.81. The molecule has 1 atom stereocenters. The van der Waals surface area contributed by atoms with Crippen LogP contribution in [0.15, 0.2) is 30.3 Å². The van der Waals surface area contributed by atoms with E-state index in [1.807, 2.05) is 6.07 Å². The van der Waals surface area contributed by atoms with Crippen molar-refractivity contribution in [1.29, 1.82) is 0 Å². The first-order valence-corrected chi connectivity index (χ1v) is 9.84. The molecule has 0 radical (unpaired) electrons. The Morgan fingerprint density at radius 3 is 2.15 bits per heavy atom. The van der Waals surface area contributed by atoms with Crippen molar-refractivity contribution in [2.45, 2.75) is 64.4 Å². The van der Waals surface area contributed by atoms with Crippen LogP contribution in [0.5, 0.6) is 0 Å². The van der Waals surface area contributed by atoms with Crippen molar-refractivity contribution in [2.24, 2.45) is 5.92 Å². The van der Waals surface area contributed by atoms with Gasteiger partial charge < -0.3 is 5.11 Å². The number of rotatable bonds is 5. The van der Waals surface area contributed by atoms with Crippen LogP contribution in [-0.2, 0) is 0 Å². The molecule has 27 heavy (non-hydrogen) atoms. The van der Waals surface area contributed by atoms with Gasteiger partial charge in [-0.15, -0.1) is 0 Å². The fourth-order valence-corrected chi connectivity index (χ4v) is 4.19. The summed E-state index contributed by atoms with van der Waals surface area (Å²) in [5.74, 6) is -1.19. The summed E-state index contributed by atoms with van der Waals surface area (Å²) in [4.78, 5) is 0. The van der Waals surface area contributed by atoms with E-state index in [4.69, 9.17) is 0 Å². The van der Waals surface area contributed by atoms with Crippen LogP contribution in [0.4, 0.5) is 13.2 Å². The summed E-state index contributed by atoms with van der Waals surface area (Å²) in [6.45, 7) is 3.44. The lowest BCUT2D eigenvalue weighted by atomic mass is 9.76. The lowest BCUT2D eigenvalue weighted by Gasteiger charge is -2.31. The van der Waals surface area contributed by atoms with Gasteiger partial charge in [0.1, 0.15) is 17.5 Å². The number of aliphatic hydroxyl groups excluding tert-OH is 1. The zero-order valence-electron chi connectivity index (χ0n) is 15.9. The van der Waals surface area contributed by atoms with Gasteiger partial charge in [0.2, 0.25) is 0 Å². The van der Waals surface area contributed by atoms with Crippen molar-refractivity contribution in [3.63, 3.8) is 0 Å². The molecule has 0 spiro atoms. The predicted molar refractivity (Wildman–Crippen MR) is 102 cm³/mol. The van der Waals surface area contributed by atoms with E-state index in [0.29, 0.717) is 5.92 Å². The van der Waals surface area contributed by atoms with Gasteiger partial charge in [-0.25, -0.2) is 13.2 Å². The summed E-state index contributed by atoms with van der Waals surface area (Å²) in [5.41, 5.74) is 1.29. The van der Waals surface area contributed by atoms with Gasteiger partial charge in [0.15, 0.2) is 0 Å². The third kappa shape index (κ3) is 4.37. The molecule has 1 saturated carbocycles. The number of benzene rings is 2. The molecule has 1 aliphatic carbocycles. The molecule has 4 heteroatoms. The largest absolute Gasteiger partial charge is 0.393 e. The molecule has 2 aromatic carbocycles. The second kappa shape index (κ2) is 8.47. The van der Waals surface area contributed by atoms with Gasteiger partial charge in [0.25, 0.3) is 0 Å². The van der Waals surface area contributed by atoms with Gasteiger partial charge in [0.05, 0.1) is 6.10 Å². The normalized spacial score (nSPS) is 21.3. The van der Waals surface area contributed by atoms with Crippen LogP contribution in [-0.4, -0.2) is 11.2 Å². The monoisotopic (exact) mass is 376 g/mol. The SMILES string of the molecule is CCCC(O)C1CCC(c2ccc(-c3cc(F)c(C)c(F)c3)c(F)c2)CC1. The van der Waals surface area contributed by atoms with Crippen molar-refractivity contribution in [3.8, 4) is 11.1 Å². The number of hydrogen-bond donors (Lipinski definition) is 1. The standard InChI is InChI=1S/C23H27F3O/c1-3-4-23(27)16-7-5-15(6-8-16)17-9-10-19(22(26)11-17)18-12-20(24)14(2)21(25)13-18/h9-13,15-16,23,27H,3-8H2,1-2H3. The maximum atomic E-state index is 14.7. The smallest absolute Gasteiger partial charge is 0.131 e. The Morgan fingerprint density at radius 2 is 1.59 bits per heavy atom. The summed E-state index contributed by atoms with van der Waals surface area (Å²) >= 11 is 0. The topological polar surface area (TPSA) is 20.2 Å².